The molecule has 0 aliphatic heterocycles. The Balaban J connectivity index is 2.31. The van der Waals surface area contributed by atoms with Gasteiger partial charge in [0.25, 0.3) is 0 Å². The molecular formula is C12H14S. The van der Waals surface area contributed by atoms with Crippen molar-refractivity contribution in [2.24, 2.45) is 0 Å². The molecule has 0 fully saturated rings. The summed E-state index contributed by atoms with van der Waals surface area (Å²) in [5, 5.41) is 0. The van der Waals surface area contributed by atoms with Crippen LogP contribution in [-0.4, -0.2) is 12.0 Å². The van der Waals surface area contributed by atoms with Gasteiger partial charge in [0.15, 0.2) is 0 Å². The van der Waals surface area contributed by atoms with Crippen LogP contribution >= 0.6 is 11.8 Å². The van der Waals surface area contributed by atoms with E-state index in [1.54, 1.807) is 0 Å². The molecule has 1 aromatic carbocycles. The Morgan fingerprint density at radius 1 is 1.23 bits per heavy atom. The molecule has 0 spiro atoms. The van der Waals surface area contributed by atoms with E-state index >= 15 is 0 Å². The molecule has 13 heavy (non-hydrogen) atoms. The molecule has 0 saturated carbocycles. The van der Waals surface area contributed by atoms with Crippen LogP contribution in [0.1, 0.15) is 18.4 Å². The second kappa shape index (κ2) is 6.62. The highest BCUT2D eigenvalue weighted by molar-refractivity contribution is 7.98. The maximum Gasteiger partial charge on any atom is 0.0245 e. The van der Waals surface area contributed by atoms with Gasteiger partial charge in [-0.3, -0.25) is 0 Å². The minimum atomic E-state index is 1.01. The highest BCUT2D eigenvalue weighted by Gasteiger charge is 1.82. The molecule has 0 unspecified atom stereocenters. The Kier molecular flexibility index (Phi) is 5.20. The van der Waals surface area contributed by atoms with Gasteiger partial charge in [-0.25, -0.2) is 0 Å². The van der Waals surface area contributed by atoms with Crippen molar-refractivity contribution in [2.75, 3.05) is 12.0 Å². The van der Waals surface area contributed by atoms with Gasteiger partial charge in [-0.05, 0) is 30.6 Å². The fourth-order valence-corrected chi connectivity index (χ4v) is 1.42. The molecule has 0 radical (unpaired) electrons. The molecule has 1 aromatic rings. The van der Waals surface area contributed by atoms with E-state index in [4.69, 9.17) is 0 Å². The second-order valence-corrected chi connectivity index (χ2v) is 3.75. The molecular weight excluding hydrogens is 176 g/mol. The maximum absolute atomic E-state index is 3.17. The van der Waals surface area contributed by atoms with E-state index in [9.17, 15) is 0 Å². The van der Waals surface area contributed by atoms with Crippen LogP contribution in [0.4, 0.5) is 0 Å². The Morgan fingerprint density at radius 3 is 2.69 bits per heavy atom. The summed E-state index contributed by atoms with van der Waals surface area (Å²) in [6.07, 6.45) is 4.33. The molecule has 0 nitrogen and oxygen atoms in total. The standard InChI is InChI=1S/C12H14S/c1-13-11-7-3-6-10-12-8-4-2-5-9-12/h2,4-5,8-9H,3,7,11H2,1H3. The molecule has 0 saturated heterocycles. The highest BCUT2D eigenvalue weighted by Crippen LogP contribution is 1.99. The van der Waals surface area contributed by atoms with Crippen LogP contribution in [0.15, 0.2) is 30.3 Å². The average molecular weight is 190 g/mol. The van der Waals surface area contributed by atoms with Crippen LogP contribution in [0.25, 0.3) is 0 Å². The molecule has 0 aliphatic rings. The van der Waals surface area contributed by atoms with Gasteiger partial charge < -0.3 is 0 Å². The lowest BCUT2D eigenvalue weighted by Gasteiger charge is -1.89. The first-order valence-electron chi connectivity index (χ1n) is 4.46. The first-order chi connectivity index (χ1) is 6.43. The smallest absolute Gasteiger partial charge is 0.0245 e. The van der Waals surface area contributed by atoms with Crippen molar-refractivity contribution < 1.29 is 0 Å². The van der Waals surface area contributed by atoms with Crippen molar-refractivity contribution in [3.63, 3.8) is 0 Å². The van der Waals surface area contributed by atoms with Crippen LogP contribution in [0.5, 0.6) is 0 Å². The zero-order chi connectivity index (χ0) is 9.36. The van der Waals surface area contributed by atoms with E-state index in [0.717, 1.165) is 12.0 Å². The Bertz CT molecular complexity index is 279. The lowest BCUT2D eigenvalue weighted by molar-refractivity contribution is 0.998. The van der Waals surface area contributed by atoms with E-state index in [1.807, 2.05) is 42.1 Å². The molecule has 68 valence electrons. The van der Waals surface area contributed by atoms with Gasteiger partial charge in [0.1, 0.15) is 0 Å². The van der Waals surface area contributed by atoms with Crippen LogP contribution < -0.4 is 0 Å². The van der Waals surface area contributed by atoms with Crippen molar-refractivity contribution >= 4 is 11.8 Å². The highest BCUT2D eigenvalue weighted by atomic mass is 32.2. The third kappa shape index (κ3) is 4.65. The third-order valence-electron chi connectivity index (χ3n) is 1.66. The van der Waals surface area contributed by atoms with Gasteiger partial charge in [-0.15, -0.1) is 0 Å². The monoisotopic (exact) mass is 190 g/mol. The van der Waals surface area contributed by atoms with Gasteiger partial charge in [-0.1, -0.05) is 30.0 Å². The summed E-state index contributed by atoms with van der Waals surface area (Å²) in [5.74, 6) is 7.53. The first-order valence-corrected chi connectivity index (χ1v) is 5.86. The Labute approximate surface area is 84.7 Å². The predicted octanol–water partition coefficient (Wildman–Crippen LogP) is 3.18. The predicted molar refractivity (Wildman–Crippen MR) is 60.9 cm³/mol. The number of hydrogen-bond acceptors (Lipinski definition) is 1. The van der Waals surface area contributed by atoms with Crippen molar-refractivity contribution in [1.29, 1.82) is 0 Å². The maximum atomic E-state index is 3.17. The Hall–Kier alpha value is -0.870. The van der Waals surface area contributed by atoms with E-state index in [2.05, 4.69) is 18.1 Å². The molecule has 0 N–H and O–H groups in total. The minimum absolute atomic E-state index is 1.01. The second-order valence-electron chi connectivity index (χ2n) is 2.76. The summed E-state index contributed by atoms with van der Waals surface area (Å²) in [6, 6.07) is 10.1. The van der Waals surface area contributed by atoms with Crippen molar-refractivity contribution in [3.05, 3.63) is 35.9 Å². The normalized spacial score (nSPS) is 9.00. The van der Waals surface area contributed by atoms with Gasteiger partial charge in [0.2, 0.25) is 0 Å². The third-order valence-corrected chi connectivity index (χ3v) is 2.35. The van der Waals surface area contributed by atoms with Crippen LogP contribution in [0.2, 0.25) is 0 Å². The van der Waals surface area contributed by atoms with Crippen LogP contribution in [-0.2, 0) is 0 Å². The van der Waals surface area contributed by atoms with Crippen LogP contribution in [0, 0.1) is 11.8 Å². The largest absolute Gasteiger partial charge is 0.165 e. The summed E-state index contributed by atoms with van der Waals surface area (Å²) in [7, 11) is 0. The summed E-state index contributed by atoms with van der Waals surface area (Å²) < 4.78 is 0. The average Bonchev–Trinajstić information content (AvgIpc) is 2.19. The van der Waals surface area contributed by atoms with Crippen molar-refractivity contribution in [2.45, 2.75) is 12.8 Å². The first kappa shape index (κ1) is 10.2. The fraction of sp³-hybridized carbons (Fsp3) is 0.333. The number of unbranched alkanes of at least 4 members (excludes halogenated alkanes) is 1. The van der Waals surface area contributed by atoms with Gasteiger partial charge in [-0.2, -0.15) is 11.8 Å². The van der Waals surface area contributed by atoms with Crippen molar-refractivity contribution in [1.82, 2.24) is 0 Å². The van der Waals surface area contributed by atoms with E-state index in [1.165, 1.54) is 12.2 Å². The lowest BCUT2D eigenvalue weighted by atomic mass is 10.2. The van der Waals surface area contributed by atoms with E-state index in [-0.39, 0.29) is 0 Å². The molecule has 0 aliphatic carbocycles. The van der Waals surface area contributed by atoms with Gasteiger partial charge in [0.05, 0.1) is 0 Å². The number of thioether (sulfide) groups is 1. The van der Waals surface area contributed by atoms with Crippen molar-refractivity contribution in [3.8, 4) is 11.8 Å². The minimum Gasteiger partial charge on any atom is -0.165 e. The summed E-state index contributed by atoms with van der Waals surface area (Å²) in [5.41, 5.74) is 1.12. The SMILES string of the molecule is CSCCCC#Cc1ccccc1. The molecule has 0 heterocycles. The summed E-state index contributed by atoms with van der Waals surface area (Å²) >= 11 is 1.88. The topological polar surface area (TPSA) is 0 Å². The molecule has 0 atom stereocenters. The molecule has 0 amide bonds. The number of hydrogen-bond donors (Lipinski definition) is 0. The Morgan fingerprint density at radius 2 is 2.00 bits per heavy atom. The zero-order valence-electron chi connectivity index (χ0n) is 7.92. The van der Waals surface area contributed by atoms with Gasteiger partial charge in [0, 0.05) is 12.0 Å². The molecule has 1 heteroatoms. The van der Waals surface area contributed by atoms with E-state index < -0.39 is 0 Å². The van der Waals surface area contributed by atoms with Gasteiger partial charge >= 0.3 is 0 Å². The summed E-state index contributed by atoms with van der Waals surface area (Å²) in [4.78, 5) is 0. The number of benzene rings is 1. The molecule has 0 aromatic heterocycles. The quantitative estimate of drug-likeness (QED) is 0.521. The summed E-state index contributed by atoms with van der Waals surface area (Å²) in [6.45, 7) is 0. The molecule has 1 rings (SSSR count). The molecule has 0 bridgehead atoms. The van der Waals surface area contributed by atoms with Crippen LogP contribution in [0.3, 0.4) is 0 Å². The lowest BCUT2D eigenvalue weighted by Crippen LogP contribution is -1.76. The number of rotatable bonds is 3. The zero-order valence-corrected chi connectivity index (χ0v) is 8.73. The fourth-order valence-electron chi connectivity index (χ4n) is 0.991. The van der Waals surface area contributed by atoms with E-state index in [0.29, 0.717) is 0 Å².